The molecule has 1 atom stereocenters. The van der Waals surface area contributed by atoms with E-state index >= 15 is 0 Å². The van der Waals surface area contributed by atoms with E-state index in [0.717, 1.165) is 27.9 Å². The average Bonchev–Trinajstić information content (AvgIpc) is 3.22. The van der Waals surface area contributed by atoms with E-state index in [2.05, 4.69) is 5.32 Å². The van der Waals surface area contributed by atoms with E-state index in [-0.39, 0.29) is 12.6 Å². The second-order valence-corrected chi connectivity index (χ2v) is 8.71. The van der Waals surface area contributed by atoms with E-state index in [9.17, 15) is 13.6 Å². The van der Waals surface area contributed by atoms with E-state index in [1.165, 1.54) is 12.1 Å². The standard InChI is InChI=1S/C26H21F2N3OS/c1-33-22-8-4-7-21(15-22)29-26(32)31-16-17-6-2-3-9-23(17)30-11-5-10-24(30)25(31)18-12-19(27)14-20(28)13-18/h2-15,25H,16H2,1H3,(H,29,32). The largest absolute Gasteiger partial charge is 0.322 e. The molecule has 0 bridgehead atoms. The highest BCUT2D eigenvalue weighted by Crippen LogP contribution is 2.37. The Morgan fingerprint density at radius 2 is 1.76 bits per heavy atom. The lowest BCUT2D eigenvalue weighted by atomic mass is 10.0. The summed E-state index contributed by atoms with van der Waals surface area (Å²) in [6.07, 6.45) is 3.87. The maximum atomic E-state index is 14.2. The smallest absolute Gasteiger partial charge is 0.318 e. The van der Waals surface area contributed by atoms with Gasteiger partial charge in [0.05, 0.1) is 18.3 Å². The Morgan fingerprint density at radius 3 is 2.55 bits per heavy atom. The molecule has 0 radical (unpaired) electrons. The van der Waals surface area contributed by atoms with Gasteiger partial charge in [-0.05, 0) is 65.9 Å². The lowest BCUT2D eigenvalue weighted by Crippen LogP contribution is -2.38. The molecule has 4 aromatic rings. The highest BCUT2D eigenvalue weighted by Gasteiger charge is 2.33. The van der Waals surface area contributed by atoms with Gasteiger partial charge in [0.25, 0.3) is 0 Å². The first kappa shape index (κ1) is 21.3. The minimum atomic E-state index is -0.693. The van der Waals surface area contributed by atoms with Crippen molar-refractivity contribution in [2.75, 3.05) is 11.6 Å². The zero-order valence-corrected chi connectivity index (χ0v) is 18.7. The number of carbonyl (C=O) groups excluding carboxylic acids is 1. The number of aromatic nitrogens is 1. The Labute approximate surface area is 194 Å². The van der Waals surface area contributed by atoms with Crippen LogP contribution in [0, 0.1) is 11.6 Å². The minimum Gasteiger partial charge on any atom is -0.318 e. The number of nitrogens with zero attached hydrogens (tertiary/aromatic N) is 2. The summed E-state index contributed by atoms with van der Waals surface area (Å²) >= 11 is 1.58. The number of benzene rings is 3. The maximum Gasteiger partial charge on any atom is 0.322 e. The highest BCUT2D eigenvalue weighted by molar-refractivity contribution is 7.98. The number of thioether (sulfide) groups is 1. The van der Waals surface area contributed by atoms with Gasteiger partial charge in [-0.2, -0.15) is 0 Å². The topological polar surface area (TPSA) is 37.3 Å². The number of fused-ring (bicyclic) bond motifs is 3. The number of rotatable bonds is 3. The summed E-state index contributed by atoms with van der Waals surface area (Å²) < 4.78 is 30.5. The Hall–Kier alpha value is -3.58. The summed E-state index contributed by atoms with van der Waals surface area (Å²) in [5.74, 6) is -1.37. The van der Waals surface area contributed by atoms with Gasteiger partial charge in [-0.25, -0.2) is 13.6 Å². The molecule has 2 heterocycles. The number of anilines is 1. The molecule has 1 unspecified atom stereocenters. The first-order valence-corrected chi connectivity index (χ1v) is 11.7. The fraction of sp³-hybridized carbons (Fsp3) is 0.115. The van der Waals surface area contributed by atoms with Gasteiger partial charge in [-0.15, -0.1) is 11.8 Å². The Kier molecular flexibility index (Phi) is 5.64. The highest BCUT2D eigenvalue weighted by atomic mass is 32.2. The molecule has 1 aliphatic rings. The number of nitrogens with one attached hydrogen (secondary N) is 1. The molecule has 2 amide bonds. The quantitative estimate of drug-likeness (QED) is 0.349. The first-order valence-electron chi connectivity index (χ1n) is 10.5. The summed E-state index contributed by atoms with van der Waals surface area (Å²) in [6, 6.07) is 21.5. The number of amides is 2. The molecule has 4 nitrogen and oxygen atoms in total. The van der Waals surface area contributed by atoms with Crippen LogP contribution in [-0.4, -0.2) is 21.8 Å². The van der Waals surface area contributed by atoms with Crippen molar-refractivity contribution in [3.8, 4) is 5.69 Å². The van der Waals surface area contributed by atoms with Gasteiger partial charge in [0, 0.05) is 28.5 Å². The second-order valence-electron chi connectivity index (χ2n) is 7.83. The van der Waals surface area contributed by atoms with Crippen LogP contribution >= 0.6 is 11.8 Å². The van der Waals surface area contributed by atoms with Crippen molar-refractivity contribution in [3.63, 3.8) is 0 Å². The molecular formula is C26H21F2N3OS. The van der Waals surface area contributed by atoms with Gasteiger partial charge in [0.2, 0.25) is 0 Å². The Bertz CT molecular complexity index is 1320. The van der Waals surface area contributed by atoms with Crippen LogP contribution in [0.15, 0.2) is 90.0 Å². The predicted molar refractivity (Wildman–Crippen MR) is 127 cm³/mol. The molecule has 0 fully saturated rings. The molecule has 1 N–H and O–H groups in total. The Morgan fingerprint density at radius 1 is 0.970 bits per heavy atom. The van der Waals surface area contributed by atoms with E-state index in [0.29, 0.717) is 11.3 Å². The zero-order chi connectivity index (χ0) is 22.9. The third kappa shape index (κ3) is 4.12. The molecule has 33 heavy (non-hydrogen) atoms. The lowest BCUT2D eigenvalue weighted by molar-refractivity contribution is 0.194. The summed E-state index contributed by atoms with van der Waals surface area (Å²) in [5.41, 5.74) is 3.64. The molecule has 1 aliphatic heterocycles. The van der Waals surface area contributed by atoms with Crippen LogP contribution in [0.5, 0.6) is 0 Å². The fourth-order valence-electron chi connectivity index (χ4n) is 4.32. The lowest BCUT2D eigenvalue weighted by Gasteiger charge is -2.31. The van der Waals surface area contributed by atoms with Crippen LogP contribution in [0.25, 0.3) is 5.69 Å². The molecule has 1 aromatic heterocycles. The molecular weight excluding hydrogens is 440 g/mol. The van der Waals surface area contributed by atoms with E-state index < -0.39 is 17.7 Å². The SMILES string of the molecule is CSc1cccc(NC(=O)N2Cc3ccccc3-n3cccc3C2c2cc(F)cc(F)c2)c1. The van der Waals surface area contributed by atoms with E-state index in [4.69, 9.17) is 0 Å². The number of hydrogen-bond acceptors (Lipinski definition) is 2. The van der Waals surface area contributed by atoms with Crippen LogP contribution in [0.2, 0.25) is 0 Å². The van der Waals surface area contributed by atoms with E-state index in [1.807, 2.05) is 77.7 Å². The van der Waals surface area contributed by atoms with Crippen molar-refractivity contribution in [2.24, 2.45) is 0 Å². The van der Waals surface area contributed by atoms with Crippen LogP contribution in [0.3, 0.4) is 0 Å². The van der Waals surface area contributed by atoms with E-state index in [1.54, 1.807) is 16.7 Å². The second kappa shape index (κ2) is 8.75. The number of para-hydroxylation sites is 1. The summed E-state index contributed by atoms with van der Waals surface area (Å²) in [7, 11) is 0. The third-order valence-corrected chi connectivity index (χ3v) is 6.47. The number of halogens is 2. The van der Waals surface area contributed by atoms with Crippen molar-refractivity contribution >= 4 is 23.5 Å². The van der Waals surface area contributed by atoms with Crippen molar-refractivity contribution < 1.29 is 13.6 Å². The van der Waals surface area contributed by atoms with Crippen molar-refractivity contribution in [2.45, 2.75) is 17.5 Å². The van der Waals surface area contributed by atoms with Crippen LogP contribution in [0.1, 0.15) is 22.9 Å². The van der Waals surface area contributed by atoms with Gasteiger partial charge in [0.1, 0.15) is 11.6 Å². The van der Waals surface area contributed by atoms with Gasteiger partial charge in [0.15, 0.2) is 0 Å². The fourth-order valence-corrected chi connectivity index (χ4v) is 4.78. The molecule has 0 saturated heterocycles. The molecule has 0 spiro atoms. The number of urea groups is 1. The number of hydrogen-bond donors (Lipinski definition) is 1. The predicted octanol–water partition coefficient (Wildman–Crippen LogP) is 6.61. The monoisotopic (exact) mass is 461 g/mol. The van der Waals surface area contributed by atoms with Gasteiger partial charge in [-0.1, -0.05) is 24.3 Å². The summed E-state index contributed by atoms with van der Waals surface area (Å²) in [6.45, 7) is 0.273. The number of carbonyl (C=O) groups is 1. The zero-order valence-electron chi connectivity index (χ0n) is 17.8. The molecule has 0 aliphatic carbocycles. The van der Waals surface area contributed by atoms with Crippen molar-refractivity contribution in [3.05, 3.63) is 114 Å². The summed E-state index contributed by atoms with van der Waals surface area (Å²) in [4.78, 5) is 16.3. The maximum absolute atomic E-state index is 14.2. The van der Waals surface area contributed by atoms with Crippen LogP contribution in [0.4, 0.5) is 19.3 Å². The summed E-state index contributed by atoms with van der Waals surface area (Å²) in [5, 5.41) is 2.97. The van der Waals surface area contributed by atoms with Crippen molar-refractivity contribution in [1.29, 1.82) is 0 Å². The molecule has 166 valence electrons. The molecule has 7 heteroatoms. The van der Waals surface area contributed by atoms with Gasteiger partial charge >= 0.3 is 6.03 Å². The molecule has 5 rings (SSSR count). The van der Waals surface area contributed by atoms with Crippen molar-refractivity contribution in [1.82, 2.24) is 9.47 Å². The van der Waals surface area contributed by atoms with Crippen LogP contribution < -0.4 is 5.32 Å². The first-order chi connectivity index (χ1) is 16.0. The Balaban J connectivity index is 1.64. The molecule has 3 aromatic carbocycles. The van der Waals surface area contributed by atoms with Gasteiger partial charge < -0.3 is 14.8 Å². The third-order valence-electron chi connectivity index (χ3n) is 5.75. The average molecular weight is 462 g/mol. The molecule has 0 saturated carbocycles. The normalized spacial score (nSPS) is 14.9. The van der Waals surface area contributed by atoms with Crippen LogP contribution in [-0.2, 0) is 6.54 Å². The minimum absolute atomic E-state index is 0.273. The van der Waals surface area contributed by atoms with Gasteiger partial charge in [-0.3, -0.25) is 0 Å².